The number of aliphatic carboxylic acids is 1. The number of esters is 1. The second-order valence-electron chi connectivity index (χ2n) is 7.21. The molecule has 0 bridgehead atoms. The number of hydrogen-bond acceptors (Lipinski definition) is 5. The summed E-state index contributed by atoms with van der Waals surface area (Å²) in [6, 6.07) is 14.0. The van der Waals surface area contributed by atoms with E-state index in [0.717, 1.165) is 29.7 Å². The van der Waals surface area contributed by atoms with Crippen molar-refractivity contribution in [3.8, 4) is 0 Å². The Morgan fingerprint density at radius 2 is 1.83 bits per heavy atom. The molecule has 0 aliphatic carbocycles. The normalized spacial score (nSPS) is 14.3. The van der Waals surface area contributed by atoms with Crippen molar-refractivity contribution in [2.24, 2.45) is 4.99 Å². The molecule has 1 heterocycles. The standard InChI is InChI=1S/C24H26N2O4/c1-4-30-22(27)15-21-23(24(28)29)25-19-13-16(2)17(3)14-20(19)26(21)12-8-11-18-9-6-5-7-10-18/h5-7,9-10,13-15H,4,8,11-12H2,1-3H3,(H,28,29)/b21-15-. The van der Waals surface area contributed by atoms with Crippen LogP contribution in [0.3, 0.4) is 0 Å². The first kappa shape index (κ1) is 21.3. The number of rotatable bonds is 7. The van der Waals surface area contributed by atoms with E-state index in [1.807, 2.05) is 49.1 Å². The molecule has 3 rings (SSSR count). The second-order valence-corrected chi connectivity index (χ2v) is 7.21. The minimum Gasteiger partial charge on any atom is -0.476 e. The second kappa shape index (κ2) is 9.39. The van der Waals surface area contributed by atoms with Crippen LogP contribution in [0.2, 0.25) is 0 Å². The van der Waals surface area contributed by atoms with Crippen molar-refractivity contribution >= 4 is 29.0 Å². The Balaban J connectivity index is 2.01. The quantitative estimate of drug-likeness (QED) is 0.546. The van der Waals surface area contributed by atoms with Crippen molar-refractivity contribution in [1.29, 1.82) is 0 Å². The zero-order valence-corrected chi connectivity index (χ0v) is 17.5. The third-order valence-electron chi connectivity index (χ3n) is 5.08. The lowest BCUT2D eigenvalue weighted by atomic mass is 10.0. The van der Waals surface area contributed by atoms with Crippen molar-refractivity contribution in [3.05, 3.63) is 70.9 Å². The average molecular weight is 406 g/mol. The number of aliphatic imine (C=N–C) groups is 1. The first-order valence-electron chi connectivity index (χ1n) is 10.0. The van der Waals surface area contributed by atoms with Gasteiger partial charge >= 0.3 is 11.9 Å². The molecule has 0 unspecified atom stereocenters. The van der Waals surface area contributed by atoms with Crippen LogP contribution >= 0.6 is 0 Å². The molecule has 0 radical (unpaired) electrons. The summed E-state index contributed by atoms with van der Waals surface area (Å²) in [5, 5.41) is 9.77. The van der Waals surface area contributed by atoms with Crippen LogP contribution in [0, 0.1) is 13.8 Å². The summed E-state index contributed by atoms with van der Waals surface area (Å²) in [5.74, 6) is -1.76. The lowest BCUT2D eigenvalue weighted by Crippen LogP contribution is -2.35. The molecule has 30 heavy (non-hydrogen) atoms. The minimum absolute atomic E-state index is 0.154. The SMILES string of the molecule is CCOC(=O)/C=C1/C(C(=O)O)=Nc2cc(C)c(C)cc2N1CCCc1ccccc1. The molecular formula is C24H26N2O4. The molecule has 6 nitrogen and oxygen atoms in total. The number of ether oxygens (including phenoxy) is 1. The van der Waals surface area contributed by atoms with Gasteiger partial charge in [-0.2, -0.15) is 0 Å². The van der Waals surface area contributed by atoms with E-state index in [0.29, 0.717) is 12.2 Å². The van der Waals surface area contributed by atoms with Crippen LogP contribution in [-0.4, -0.2) is 35.9 Å². The number of hydrogen-bond donors (Lipinski definition) is 1. The lowest BCUT2D eigenvalue weighted by Gasteiger charge is -2.32. The van der Waals surface area contributed by atoms with Crippen molar-refractivity contribution in [2.45, 2.75) is 33.6 Å². The van der Waals surface area contributed by atoms with Gasteiger partial charge in [0.05, 0.1) is 23.7 Å². The van der Waals surface area contributed by atoms with Crippen LogP contribution in [0.15, 0.2) is 59.2 Å². The molecule has 1 aliphatic rings. The molecule has 0 spiro atoms. The molecule has 0 saturated carbocycles. The Kier molecular flexibility index (Phi) is 6.67. The summed E-state index contributed by atoms with van der Waals surface area (Å²) < 4.78 is 5.04. The van der Waals surface area contributed by atoms with Gasteiger partial charge in [0.2, 0.25) is 0 Å². The zero-order chi connectivity index (χ0) is 21.7. The number of carboxylic acid groups (broad SMARTS) is 1. The van der Waals surface area contributed by atoms with E-state index in [1.165, 1.54) is 11.6 Å². The fourth-order valence-corrected chi connectivity index (χ4v) is 3.45. The average Bonchev–Trinajstić information content (AvgIpc) is 2.71. The van der Waals surface area contributed by atoms with E-state index in [-0.39, 0.29) is 18.0 Å². The summed E-state index contributed by atoms with van der Waals surface area (Å²) in [5.41, 5.74) is 4.81. The first-order chi connectivity index (χ1) is 14.4. The molecule has 2 aromatic rings. The molecule has 0 fully saturated rings. The van der Waals surface area contributed by atoms with Gasteiger partial charge < -0.3 is 14.7 Å². The van der Waals surface area contributed by atoms with Crippen LogP contribution in [0.5, 0.6) is 0 Å². The van der Waals surface area contributed by atoms with E-state index < -0.39 is 11.9 Å². The van der Waals surface area contributed by atoms with Crippen LogP contribution in [0.1, 0.15) is 30.0 Å². The van der Waals surface area contributed by atoms with Gasteiger partial charge in [-0.1, -0.05) is 30.3 Å². The third-order valence-corrected chi connectivity index (χ3v) is 5.08. The maximum Gasteiger partial charge on any atom is 0.356 e. The summed E-state index contributed by atoms with van der Waals surface area (Å²) in [6.45, 7) is 6.44. The zero-order valence-electron chi connectivity index (χ0n) is 17.5. The van der Waals surface area contributed by atoms with Crippen molar-refractivity contribution in [3.63, 3.8) is 0 Å². The number of fused-ring (bicyclic) bond motifs is 1. The Morgan fingerprint density at radius 3 is 2.50 bits per heavy atom. The molecular weight excluding hydrogens is 380 g/mol. The van der Waals surface area contributed by atoms with E-state index in [9.17, 15) is 14.7 Å². The maximum atomic E-state index is 12.2. The van der Waals surface area contributed by atoms with E-state index in [2.05, 4.69) is 17.1 Å². The summed E-state index contributed by atoms with van der Waals surface area (Å²) >= 11 is 0. The number of carbonyl (C=O) groups is 2. The lowest BCUT2D eigenvalue weighted by molar-refractivity contribution is -0.137. The molecule has 0 amide bonds. The van der Waals surface area contributed by atoms with E-state index >= 15 is 0 Å². The largest absolute Gasteiger partial charge is 0.476 e. The van der Waals surface area contributed by atoms with Crippen molar-refractivity contribution in [2.75, 3.05) is 18.1 Å². The Bertz CT molecular complexity index is 1010. The molecule has 1 aliphatic heterocycles. The highest BCUT2D eigenvalue weighted by Crippen LogP contribution is 2.38. The molecule has 0 saturated heterocycles. The van der Waals surface area contributed by atoms with Gasteiger partial charge in [0.25, 0.3) is 0 Å². The van der Waals surface area contributed by atoms with Gasteiger partial charge in [-0.15, -0.1) is 0 Å². The maximum absolute atomic E-state index is 12.2. The van der Waals surface area contributed by atoms with E-state index in [4.69, 9.17) is 4.74 Å². The number of benzene rings is 2. The Labute approximate surface area is 176 Å². The highest BCUT2D eigenvalue weighted by Gasteiger charge is 2.30. The summed E-state index contributed by atoms with van der Waals surface area (Å²) in [4.78, 5) is 30.4. The predicted octanol–water partition coefficient (Wildman–Crippen LogP) is 4.36. The van der Waals surface area contributed by atoms with Crippen molar-refractivity contribution < 1.29 is 19.4 Å². The number of aryl methyl sites for hydroxylation is 3. The highest BCUT2D eigenvalue weighted by atomic mass is 16.5. The first-order valence-corrected chi connectivity index (χ1v) is 10.0. The summed E-state index contributed by atoms with van der Waals surface area (Å²) in [7, 11) is 0. The number of anilines is 1. The van der Waals surface area contributed by atoms with Crippen molar-refractivity contribution in [1.82, 2.24) is 0 Å². The van der Waals surface area contributed by atoms with Crippen LogP contribution in [0.4, 0.5) is 11.4 Å². The third kappa shape index (κ3) is 4.76. The predicted molar refractivity (Wildman–Crippen MR) is 117 cm³/mol. The van der Waals surface area contributed by atoms with Gasteiger partial charge in [-0.25, -0.2) is 14.6 Å². The number of nitrogens with zero attached hydrogens (tertiary/aromatic N) is 2. The molecule has 6 heteroatoms. The Hall–Kier alpha value is -3.41. The Morgan fingerprint density at radius 1 is 1.13 bits per heavy atom. The fourth-order valence-electron chi connectivity index (χ4n) is 3.45. The van der Waals surface area contributed by atoms with Crippen LogP contribution in [-0.2, 0) is 20.7 Å². The smallest absolute Gasteiger partial charge is 0.356 e. The summed E-state index contributed by atoms with van der Waals surface area (Å²) in [6.07, 6.45) is 2.85. The van der Waals surface area contributed by atoms with Gasteiger partial charge in [0, 0.05) is 12.6 Å². The van der Waals surface area contributed by atoms with Crippen LogP contribution < -0.4 is 4.90 Å². The van der Waals surface area contributed by atoms with Gasteiger partial charge in [0.1, 0.15) is 0 Å². The number of carboxylic acids is 1. The monoisotopic (exact) mass is 406 g/mol. The molecule has 0 atom stereocenters. The fraction of sp³-hybridized carbons (Fsp3) is 0.292. The molecule has 156 valence electrons. The molecule has 0 aromatic heterocycles. The van der Waals surface area contributed by atoms with Gasteiger partial charge in [-0.3, -0.25) is 0 Å². The van der Waals surface area contributed by atoms with Gasteiger partial charge in [-0.05, 0) is 62.4 Å². The molecule has 2 aromatic carbocycles. The number of carbonyl (C=O) groups excluding carboxylic acids is 1. The van der Waals surface area contributed by atoms with Gasteiger partial charge in [0.15, 0.2) is 5.71 Å². The molecule has 1 N–H and O–H groups in total. The topological polar surface area (TPSA) is 79.2 Å². The minimum atomic E-state index is -1.18. The van der Waals surface area contributed by atoms with Crippen LogP contribution in [0.25, 0.3) is 0 Å². The van der Waals surface area contributed by atoms with E-state index in [1.54, 1.807) is 6.92 Å². The highest BCUT2D eigenvalue weighted by molar-refractivity contribution is 6.45.